The van der Waals surface area contributed by atoms with E-state index in [2.05, 4.69) is 57.7 Å². The molecule has 0 radical (unpaired) electrons. The summed E-state index contributed by atoms with van der Waals surface area (Å²) in [6.07, 6.45) is 0. The first kappa shape index (κ1) is 20.9. The second-order valence-corrected chi connectivity index (χ2v) is 13.8. The highest BCUT2D eigenvalue weighted by atomic mass is 15.0. The van der Waals surface area contributed by atoms with Crippen molar-refractivity contribution in [1.29, 1.82) is 0 Å². The molecule has 0 aliphatic carbocycles. The van der Waals surface area contributed by atoms with Crippen LogP contribution in [0, 0.1) is 0 Å². The summed E-state index contributed by atoms with van der Waals surface area (Å²) in [4.78, 5) is 0. The second-order valence-electron chi connectivity index (χ2n) is 13.8. The first-order valence-electron chi connectivity index (χ1n) is 25.5. The van der Waals surface area contributed by atoms with Crippen molar-refractivity contribution < 1.29 is 19.2 Å². The van der Waals surface area contributed by atoms with Gasteiger partial charge in [0, 0.05) is 43.7 Å². The molecule has 0 spiro atoms. The van der Waals surface area contributed by atoms with E-state index in [-0.39, 0.29) is 17.2 Å². The number of para-hydroxylation sites is 4. The Morgan fingerprint density at radius 1 is 0.316 bits per heavy atom. The van der Waals surface area contributed by atoms with Crippen molar-refractivity contribution in [3.05, 3.63) is 212 Å². The smallest absolute Gasteiger partial charge is 0.0651 e. The molecule has 12 aromatic rings. The molecule has 0 N–H and O–H groups in total. The van der Waals surface area contributed by atoms with Crippen LogP contribution in [0.25, 0.3) is 105 Å². The van der Waals surface area contributed by atoms with Crippen LogP contribution in [0.2, 0.25) is 0 Å². The molecule has 0 fully saturated rings. The van der Waals surface area contributed by atoms with E-state index in [9.17, 15) is 8.22 Å². The van der Waals surface area contributed by atoms with Crippen LogP contribution in [0.5, 0.6) is 0 Å². The van der Waals surface area contributed by atoms with Gasteiger partial charge in [0.1, 0.15) is 0 Å². The number of hydrogen-bond acceptors (Lipinski definition) is 0. The molecule has 0 aliphatic rings. The minimum Gasteiger partial charge on any atom is -0.309 e. The van der Waals surface area contributed by atoms with Gasteiger partial charge in [-0.15, -0.1) is 0 Å². The summed E-state index contributed by atoms with van der Waals surface area (Å²) in [5.74, 6) is 0. The third kappa shape index (κ3) is 4.79. The second kappa shape index (κ2) is 12.5. The molecule has 3 nitrogen and oxygen atoms in total. The fraction of sp³-hybridized carbons (Fsp3) is 0. The molecule has 3 heteroatoms. The van der Waals surface area contributed by atoms with E-state index in [0.29, 0.717) is 22.0 Å². The molecule has 9 aromatic carbocycles. The first-order valence-corrected chi connectivity index (χ1v) is 18.5. The van der Waals surface area contributed by atoms with Gasteiger partial charge >= 0.3 is 0 Å². The minimum atomic E-state index is -0.803. The maximum Gasteiger partial charge on any atom is 0.0651 e. The van der Waals surface area contributed by atoms with Crippen molar-refractivity contribution >= 4 is 65.4 Å². The van der Waals surface area contributed by atoms with Crippen LogP contribution in [-0.4, -0.2) is 13.7 Å². The third-order valence-corrected chi connectivity index (χ3v) is 10.8. The van der Waals surface area contributed by atoms with E-state index in [1.165, 1.54) is 4.57 Å². The standard InChI is InChI=1S/C54H35N3/c1-2-15-36(16-3-1)37-17-12-18-38(33-37)39-19-13-20-40(34-39)56-50-28-11-7-24-45(50)54-52(56)29-14-30-53(54)57-49-27-10-6-23-44(49)46-35-41(31-32-51(46)57)55-47-25-8-4-21-42(47)43-22-5-9-26-48(43)55/h1-35H/i1D,2D,3D,12D,13D,15D,16D,17D,18D,19D,20D,29D,33D,34D. The summed E-state index contributed by atoms with van der Waals surface area (Å²) >= 11 is 0. The molecule has 0 saturated heterocycles. The number of rotatable bonds is 5. The molecule has 0 saturated carbocycles. The fourth-order valence-corrected chi connectivity index (χ4v) is 8.44. The van der Waals surface area contributed by atoms with Crippen molar-refractivity contribution in [2.75, 3.05) is 0 Å². The van der Waals surface area contributed by atoms with Crippen molar-refractivity contribution in [2.45, 2.75) is 0 Å². The lowest BCUT2D eigenvalue weighted by molar-refractivity contribution is 1.16. The SMILES string of the molecule is [2H]c1c([2H])c([2H])c(-c2c([2H])c([2H])c([2H])c(-c3c([2H])c([2H])c([2H])c(-n4c5ccccc5c5c(-n6c7ccccc7c7cc(-n8c9ccccc9c9ccccc98)ccc76)ccc([2H])c54)c3[2H])c2[2H])c([2H])c1[2H]. The number of nitrogens with zero attached hydrogens (tertiary/aromatic N) is 3. The van der Waals surface area contributed by atoms with E-state index < -0.39 is 101 Å². The molecule has 0 atom stereocenters. The molecule has 3 aromatic heterocycles. The molecule has 0 unspecified atom stereocenters. The Hall–Kier alpha value is -7.62. The molecule has 0 amide bonds. The van der Waals surface area contributed by atoms with Gasteiger partial charge in [-0.3, -0.25) is 0 Å². The van der Waals surface area contributed by atoms with Gasteiger partial charge in [0.2, 0.25) is 0 Å². The average Bonchev–Trinajstić information content (AvgIpc) is 4.02. The zero-order chi connectivity index (χ0) is 49.6. The van der Waals surface area contributed by atoms with Gasteiger partial charge < -0.3 is 13.7 Å². The van der Waals surface area contributed by atoms with Gasteiger partial charge in [-0.25, -0.2) is 0 Å². The Labute approximate surface area is 349 Å². The summed E-state index contributed by atoms with van der Waals surface area (Å²) < 4.78 is 131. The van der Waals surface area contributed by atoms with Gasteiger partial charge in [0.15, 0.2) is 0 Å². The van der Waals surface area contributed by atoms with Gasteiger partial charge in [-0.2, -0.15) is 0 Å². The largest absolute Gasteiger partial charge is 0.309 e. The predicted octanol–water partition coefficient (Wildman–Crippen LogP) is 14.3. The van der Waals surface area contributed by atoms with Crippen molar-refractivity contribution in [1.82, 2.24) is 13.7 Å². The van der Waals surface area contributed by atoms with E-state index in [0.717, 1.165) is 49.3 Å². The molecule has 57 heavy (non-hydrogen) atoms. The van der Waals surface area contributed by atoms with Crippen LogP contribution in [0.15, 0.2) is 212 Å². The normalized spacial score (nSPS) is 15.3. The van der Waals surface area contributed by atoms with Crippen LogP contribution in [0.1, 0.15) is 19.2 Å². The van der Waals surface area contributed by atoms with E-state index in [1.807, 2.05) is 60.7 Å². The Morgan fingerprint density at radius 3 is 1.53 bits per heavy atom. The Morgan fingerprint density at radius 2 is 0.825 bits per heavy atom. The lowest BCUT2D eigenvalue weighted by atomic mass is 9.99. The average molecular weight is 740 g/mol. The lowest BCUT2D eigenvalue weighted by Crippen LogP contribution is -1.97. The van der Waals surface area contributed by atoms with Gasteiger partial charge in [-0.1, -0.05) is 139 Å². The third-order valence-electron chi connectivity index (χ3n) is 10.8. The topological polar surface area (TPSA) is 14.8 Å². The molecule has 3 heterocycles. The monoisotopic (exact) mass is 739 g/mol. The van der Waals surface area contributed by atoms with Gasteiger partial charge in [-0.05, 0) is 95.0 Å². The van der Waals surface area contributed by atoms with Crippen molar-refractivity contribution in [3.63, 3.8) is 0 Å². The first-order chi connectivity index (χ1) is 34.1. The van der Waals surface area contributed by atoms with Crippen LogP contribution in [0.3, 0.4) is 0 Å². The molecule has 0 bridgehead atoms. The molecule has 12 rings (SSSR count). The highest BCUT2D eigenvalue weighted by molar-refractivity contribution is 6.17. The van der Waals surface area contributed by atoms with Crippen molar-refractivity contribution in [2.24, 2.45) is 0 Å². The summed E-state index contributed by atoms with van der Waals surface area (Å²) in [7, 11) is 0. The Bertz CT molecular complexity index is 4280. The Kier molecular flexibility index (Phi) is 4.57. The summed E-state index contributed by atoms with van der Waals surface area (Å²) in [5.41, 5.74) is 3.77. The highest BCUT2D eigenvalue weighted by Crippen LogP contribution is 2.41. The van der Waals surface area contributed by atoms with E-state index in [4.69, 9.17) is 11.0 Å². The quantitative estimate of drug-likeness (QED) is 0.167. The predicted molar refractivity (Wildman–Crippen MR) is 240 cm³/mol. The maximum absolute atomic E-state index is 9.88. The van der Waals surface area contributed by atoms with Gasteiger partial charge in [0.25, 0.3) is 0 Å². The van der Waals surface area contributed by atoms with Gasteiger partial charge in [0.05, 0.1) is 58.0 Å². The number of fused-ring (bicyclic) bond motifs is 9. The Balaban J connectivity index is 1.14. The van der Waals surface area contributed by atoms with Crippen LogP contribution in [-0.2, 0) is 0 Å². The zero-order valence-corrected chi connectivity index (χ0v) is 30.0. The maximum atomic E-state index is 9.88. The summed E-state index contributed by atoms with van der Waals surface area (Å²) in [6, 6.07) is 32.4. The number of hydrogen-bond donors (Lipinski definition) is 0. The number of benzene rings is 9. The fourth-order valence-electron chi connectivity index (χ4n) is 8.44. The summed E-state index contributed by atoms with van der Waals surface area (Å²) in [5, 5.41) is 5.44. The van der Waals surface area contributed by atoms with Crippen LogP contribution < -0.4 is 0 Å². The number of aromatic nitrogens is 3. The van der Waals surface area contributed by atoms with Crippen LogP contribution >= 0.6 is 0 Å². The molecular formula is C54H35N3. The molecular weight excluding hydrogens is 691 g/mol. The zero-order valence-electron chi connectivity index (χ0n) is 44.0. The molecule has 266 valence electrons. The van der Waals surface area contributed by atoms with Crippen molar-refractivity contribution in [3.8, 4) is 39.3 Å². The lowest BCUT2D eigenvalue weighted by Gasteiger charge is -2.13. The van der Waals surface area contributed by atoms with E-state index >= 15 is 0 Å². The van der Waals surface area contributed by atoms with E-state index in [1.54, 1.807) is 18.2 Å². The highest BCUT2D eigenvalue weighted by Gasteiger charge is 2.21. The minimum absolute atomic E-state index is 0.00837. The summed E-state index contributed by atoms with van der Waals surface area (Å²) in [6.45, 7) is 0. The van der Waals surface area contributed by atoms with Crippen LogP contribution in [0.4, 0.5) is 0 Å². The molecule has 0 aliphatic heterocycles.